The summed E-state index contributed by atoms with van der Waals surface area (Å²) < 4.78 is 1.08. The number of anilines is 1. The zero-order valence-electron chi connectivity index (χ0n) is 10.5. The number of rotatable bonds is 5. The first kappa shape index (κ1) is 15.0. The van der Waals surface area contributed by atoms with Crippen LogP contribution in [-0.4, -0.2) is 21.9 Å². The van der Waals surface area contributed by atoms with E-state index in [-0.39, 0.29) is 5.91 Å². The van der Waals surface area contributed by atoms with Crippen LogP contribution in [0.5, 0.6) is 0 Å². The molecule has 19 heavy (non-hydrogen) atoms. The highest BCUT2D eigenvalue weighted by Crippen LogP contribution is 2.33. The van der Waals surface area contributed by atoms with E-state index in [9.17, 15) is 4.79 Å². The van der Waals surface area contributed by atoms with Crippen molar-refractivity contribution in [3.8, 4) is 10.6 Å². The molecule has 0 bridgehead atoms. The van der Waals surface area contributed by atoms with Crippen LogP contribution in [-0.2, 0) is 4.79 Å². The second-order valence-corrected chi connectivity index (χ2v) is 8.94. The molecule has 0 fully saturated rings. The summed E-state index contributed by atoms with van der Waals surface area (Å²) >= 11 is 8.14. The number of hydrogen-bond donors (Lipinski definition) is 1. The van der Waals surface area contributed by atoms with Crippen molar-refractivity contribution in [2.24, 2.45) is 0 Å². The molecule has 0 aliphatic heterocycles. The van der Waals surface area contributed by atoms with Crippen molar-refractivity contribution < 1.29 is 4.79 Å². The maximum absolute atomic E-state index is 11.7. The number of halogens is 1. The van der Waals surface area contributed by atoms with Gasteiger partial charge in [-0.2, -0.15) is 0 Å². The molecule has 0 aliphatic rings. The van der Waals surface area contributed by atoms with Gasteiger partial charge in [-0.15, -0.1) is 34.4 Å². The molecule has 3 nitrogen and oxygen atoms in total. The van der Waals surface area contributed by atoms with E-state index in [4.69, 9.17) is 0 Å². The van der Waals surface area contributed by atoms with Gasteiger partial charge in [0.05, 0.1) is 20.1 Å². The van der Waals surface area contributed by atoms with E-state index in [0.717, 1.165) is 14.4 Å². The summed E-state index contributed by atoms with van der Waals surface area (Å²) in [5.74, 6) is 0.476. The Morgan fingerprint density at radius 3 is 2.95 bits per heavy atom. The van der Waals surface area contributed by atoms with E-state index in [0.29, 0.717) is 16.1 Å². The predicted molar refractivity (Wildman–Crippen MR) is 89.4 cm³/mol. The lowest BCUT2D eigenvalue weighted by Crippen LogP contribution is -2.15. The minimum atomic E-state index is 0.00644. The second-order valence-electron chi connectivity index (χ2n) is 4.05. The Kier molecular flexibility index (Phi) is 5.44. The molecule has 0 spiro atoms. The number of thiophene rings is 1. The first-order valence-electron chi connectivity index (χ1n) is 5.67. The smallest absolute Gasteiger partial charge is 0.236 e. The highest BCUT2D eigenvalue weighted by Gasteiger charge is 2.10. The van der Waals surface area contributed by atoms with Gasteiger partial charge in [-0.05, 0) is 33.3 Å². The van der Waals surface area contributed by atoms with E-state index in [1.165, 1.54) is 11.3 Å². The van der Waals surface area contributed by atoms with Gasteiger partial charge in [0.15, 0.2) is 5.13 Å². The van der Waals surface area contributed by atoms with Crippen LogP contribution in [0, 0.1) is 0 Å². The van der Waals surface area contributed by atoms with Gasteiger partial charge in [0.25, 0.3) is 0 Å². The van der Waals surface area contributed by atoms with Gasteiger partial charge < -0.3 is 5.32 Å². The van der Waals surface area contributed by atoms with Gasteiger partial charge in [0.2, 0.25) is 5.91 Å². The van der Waals surface area contributed by atoms with Crippen molar-refractivity contribution in [3.63, 3.8) is 0 Å². The minimum Gasteiger partial charge on any atom is -0.301 e. The van der Waals surface area contributed by atoms with Crippen LogP contribution in [0.2, 0.25) is 0 Å². The maximum Gasteiger partial charge on any atom is 0.236 e. The molecule has 0 radical (unpaired) electrons. The van der Waals surface area contributed by atoms with Crippen molar-refractivity contribution in [2.75, 3.05) is 11.1 Å². The molecule has 0 aromatic carbocycles. The molecule has 1 N–H and O–H groups in total. The van der Waals surface area contributed by atoms with Crippen molar-refractivity contribution in [2.45, 2.75) is 19.1 Å². The largest absolute Gasteiger partial charge is 0.301 e. The number of thioether (sulfide) groups is 1. The third-order valence-corrected chi connectivity index (χ3v) is 5.62. The van der Waals surface area contributed by atoms with E-state index in [1.54, 1.807) is 23.1 Å². The quantitative estimate of drug-likeness (QED) is 0.820. The molecule has 0 saturated heterocycles. The Hall–Kier alpha value is -0.370. The summed E-state index contributed by atoms with van der Waals surface area (Å²) in [6, 6.07) is 4.01. The van der Waals surface area contributed by atoms with E-state index < -0.39 is 0 Å². The minimum absolute atomic E-state index is 0.00644. The highest BCUT2D eigenvalue weighted by molar-refractivity contribution is 9.11. The predicted octanol–water partition coefficient (Wildman–Crippen LogP) is 4.71. The Balaban J connectivity index is 1.96. The number of carbonyl (C=O) groups excluding carboxylic acids is 1. The van der Waals surface area contributed by atoms with Gasteiger partial charge in [-0.1, -0.05) is 13.8 Å². The fourth-order valence-corrected chi connectivity index (χ4v) is 4.00. The van der Waals surface area contributed by atoms with Crippen LogP contribution in [0.4, 0.5) is 5.13 Å². The van der Waals surface area contributed by atoms with Gasteiger partial charge in [0.1, 0.15) is 0 Å². The van der Waals surface area contributed by atoms with Gasteiger partial charge >= 0.3 is 0 Å². The molecular formula is C12H13BrN2OS3. The Morgan fingerprint density at radius 2 is 2.32 bits per heavy atom. The monoisotopic (exact) mass is 376 g/mol. The summed E-state index contributed by atoms with van der Waals surface area (Å²) in [6.07, 6.45) is 0. The fraction of sp³-hybridized carbons (Fsp3) is 0.333. The zero-order valence-corrected chi connectivity index (χ0v) is 14.5. The van der Waals surface area contributed by atoms with Crippen LogP contribution in [0.25, 0.3) is 10.6 Å². The van der Waals surface area contributed by atoms with Crippen molar-refractivity contribution >= 4 is 61.4 Å². The Labute approximate surface area is 133 Å². The summed E-state index contributed by atoms with van der Waals surface area (Å²) in [4.78, 5) is 17.2. The molecule has 0 saturated carbocycles. The van der Waals surface area contributed by atoms with Crippen LogP contribution >= 0.6 is 50.4 Å². The Morgan fingerprint density at radius 1 is 1.53 bits per heavy atom. The topological polar surface area (TPSA) is 42.0 Å². The normalized spacial score (nSPS) is 10.9. The third-order valence-electron chi connectivity index (χ3n) is 2.12. The number of carbonyl (C=O) groups is 1. The molecule has 0 atom stereocenters. The molecular weight excluding hydrogens is 364 g/mol. The second kappa shape index (κ2) is 6.88. The Bertz CT molecular complexity index is 565. The van der Waals surface area contributed by atoms with Crippen LogP contribution in [0.3, 0.4) is 0 Å². The molecule has 7 heteroatoms. The standard InChI is InChI=1S/C12H13BrN2OS3/c1-7(2)17-6-11(16)15-12-14-8(5-18-12)9-3-4-10(13)19-9/h3-5,7H,6H2,1-2H3,(H,14,15,16). The SMILES string of the molecule is CC(C)SCC(=O)Nc1nc(-c2ccc(Br)s2)cs1. The molecule has 2 aromatic rings. The van der Waals surface area contributed by atoms with Crippen LogP contribution in [0.1, 0.15) is 13.8 Å². The van der Waals surface area contributed by atoms with Crippen LogP contribution < -0.4 is 5.32 Å². The lowest BCUT2D eigenvalue weighted by Gasteiger charge is -2.03. The van der Waals surface area contributed by atoms with Crippen molar-refractivity contribution in [1.29, 1.82) is 0 Å². The van der Waals surface area contributed by atoms with Crippen LogP contribution in [0.15, 0.2) is 21.3 Å². The molecule has 2 rings (SSSR count). The molecule has 102 valence electrons. The molecule has 0 aliphatic carbocycles. The van der Waals surface area contributed by atoms with E-state index >= 15 is 0 Å². The average Bonchev–Trinajstić information content (AvgIpc) is 2.95. The summed E-state index contributed by atoms with van der Waals surface area (Å²) in [5.41, 5.74) is 0.910. The third kappa shape index (κ3) is 4.59. The van der Waals surface area contributed by atoms with Crippen molar-refractivity contribution in [1.82, 2.24) is 4.98 Å². The highest BCUT2D eigenvalue weighted by atomic mass is 79.9. The van der Waals surface area contributed by atoms with E-state index in [1.807, 2.05) is 17.5 Å². The van der Waals surface area contributed by atoms with E-state index in [2.05, 4.69) is 40.1 Å². The molecule has 2 aromatic heterocycles. The first-order chi connectivity index (χ1) is 9.04. The number of aromatic nitrogens is 1. The summed E-state index contributed by atoms with van der Waals surface area (Å²) in [6.45, 7) is 4.15. The van der Waals surface area contributed by atoms with Gasteiger partial charge in [-0.3, -0.25) is 4.79 Å². The number of thiazole rings is 1. The lowest BCUT2D eigenvalue weighted by molar-refractivity contribution is -0.113. The number of hydrogen-bond acceptors (Lipinski definition) is 5. The fourth-order valence-electron chi connectivity index (χ4n) is 1.29. The zero-order chi connectivity index (χ0) is 13.8. The lowest BCUT2D eigenvalue weighted by atomic mass is 10.4. The van der Waals surface area contributed by atoms with Gasteiger partial charge in [0, 0.05) is 5.38 Å². The van der Waals surface area contributed by atoms with Crippen molar-refractivity contribution in [3.05, 3.63) is 21.3 Å². The number of nitrogens with zero attached hydrogens (tertiary/aromatic N) is 1. The summed E-state index contributed by atoms with van der Waals surface area (Å²) in [7, 11) is 0. The van der Waals surface area contributed by atoms with Gasteiger partial charge in [-0.25, -0.2) is 4.98 Å². The first-order valence-corrected chi connectivity index (χ1v) is 9.21. The molecule has 1 amide bonds. The number of nitrogens with one attached hydrogen (secondary N) is 1. The maximum atomic E-state index is 11.7. The molecule has 2 heterocycles. The summed E-state index contributed by atoms with van der Waals surface area (Å²) in [5, 5.41) is 5.92. The molecule has 0 unspecified atom stereocenters. The average molecular weight is 377 g/mol. The number of amides is 1.